The molecule has 0 fully saturated rings. The lowest BCUT2D eigenvalue weighted by Crippen LogP contribution is -2.18. The van der Waals surface area contributed by atoms with Crippen LogP contribution in [0.5, 0.6) is 5.75 Å². The van der Waals surface area contributed by atoms with Crippen molar-refractivity contribution in [1.29, 1.82) is 0 Å². The Morgan fingerprint density at radius 3 is 2.57 bits per heavy atom. The van der Waals surface area contributed by atoms with Crippen molar-refractivity contribution in [2.24, 2.45) is 0 Å². The normalized spacial score (nSPS) is 10.3. The second kappa shape index (κ2) is 7.22. The van der Waals surface area contributed by atoms with Crippen molar-refractivity contribution in [3.8, 4) is 5.75 Å². The monoisotopic (exact) mass is 308 g/mol. The lowest BCUT2D eigenvalue weighted by atomic mass is 10.2. The number of ether oxygens (including phenoxy) is 1. The van der Waals surface area contributed by atoms with Crippen LogP contribution in [0.3, 0.4) is 0 Å². The van der Waals surface area contributed by atoms with Crippen LogP contribution in [0.4, 0.5) is 5.69 Å². The summed E-state index contributed by atoms with van der Waals surface area (Å²) in [4.78, 5) is 15.6. The molecule has 23 heavy (non-hydrogen) atoms. The van der Waals surface area contributed by atoms with Crippen molar-refractivity contribution in [3.05, 3.63) is 72.8 Å². The molecule has 6 heteroatoms. The number of benzene rings is 2. The Balaban J connectivity index is 1.51. The minimum atomic E-state index is -0.159. The van der Waals surface area contributed by atoms with Gasteiger partial charge in [0, 0.05) is 5.69 Å². The summed E-state index contributed by atoms with van der Waals surface area (Å²) in [6, 6.07) is 17.2. The summed E-state index contributed by atoms with van der Waals surface area (Å²) in [6.45, 7) is 0.644. The van der Waals surface area contributed by atoms with Crippen LogP contribution in [-0.2, 0) is 17.9 Å². The van der Waals surface area contributed by atoms with Crippen LogP contribution in [0.2, 0.25) is 0 Å². The zero-order chi connectivity index (χ0) is 15.9. The van der Waals surface area contributed by atoms with Gasteiger partial charge in [-0.25, -0.2) is 9.67 Å². The maximum Gasteiger partial charge on any atom is 0.246 e. The summed E-state index contributed by atoms with van der Waals surface area (Å²) in [7, 11) is 0. The molecule has 0 aliphatic carbocycles. The van der Waals surface area contributed by atoms with Gasteiger partial charge in [-0.2, -0.15) is 5.10 Å². The molecule has 0 spiro atoms. The van der Waals surface area contributed by atoms with E-state index in [0.717, 1.165) is 11.3 Å². The van der Waals surface area contributed by atoms with Crippen molar-refractivity contribution in [1.82, 2.24) is 14.8 Å². The summed E-state index contributed by atoms with van der Waals surface area (Å²) in [5.74, 6) is 0.594. The standard InChI is InChI=1S/C17H16N4O2/c22-17(10-21-13-18-12-19-21)20-15-6-8-16(9-7-15)23-11-14-4-2-1-3-5-14/h1-9,12-13H,10-11H2,(H,20,22). The maximum atomic E-state index is 11.8. The fourth-order valence-electron chi connectivity index (χ4n) is 2.04. The molecule has 1 N–H and O–H groups in total. The van der Waals surface area contributed by atoms with Gasteiger partial charge in [0.25, 0.3) is 0 Å². The zero-order valence-corrected chi connectivity index (χ0v) is 12.4. The molecule has 3 aromatic rings. The Morgan fingerprint density at radius 1 is 1.09 bits per heavy atom. The first-order valence-electron chi connectivity index (χ1n) is 7.19. The second-order valence-electron chi connectivity index (χ2n) is 4.94. The van der Waals surface area contributed by atoms with Gasteiger partial charge in [-0.15, -0.1) is 0 Å². The van der Waals surface area contributed by atoms with Gasteiger partial charge in [0.15, 0.2) is 0 Å². The van der Waals surface area contributed by atoms with Gasteiger partial charge < -0.3 is 10.1 Å². The Labute approximate surface area is 133 Å². The number of aromatic nitrogens is 3. The third kappa shape index (κ3) is 4.41. The van der Waals surface area contributed by atoms with Gasteiger partial charge in [-0.05, 0) is 29.8 Å². The molecule has 1 heterocycles. The van der Waals surface area contributed by atoms with Crippen molar-refractivity contribution in [2.45, 2.75) is 13.2 Å². The van der Waals surface area contributed by atoms with Gasteiger partial charge in [-0.3, -0.25) is 4.79 Å². The van der Waals surface area contributed by atoms with Gasteiger partial charge in [-0.1, -0.05) is 30.3 Å². The fourth-order valence-corrected chi connectivity index (χ4v) is 2.04. The quantitative estimate of drug-likeness (QED) is 0.759. The number of nitrogens with one attached hydrogen (secondary N) is 1. The molecule has 6 nitrogen and oxygen atoms in total. The fraction of sp³-hybridized carbons (Fsp3) is 0.118. The molecule has 0 aliphatic rings. The average Bonchev–Trinajstić information content (AvgIpc) is 3.08. The van der Waals surface area contributed by atoms with Crippen LogP contribution in [0, 0.1) is 0 Å². The molecule has 0 bridgehead atoms. The lowest BCUT2D eigenvalue weighted by molar-refractivity contribution is -0.116. The highest BCUT2D eigenvalue weighted by Gasteiger charge is 2.04. The molecule has 0 radical (unpaired) electrons. The highest BCUT2D eigenvalue weighted by Crippen LogP contribution is 2.17. The van der Waals surface area contributed by atoms with E-state index in [2.05, 4.69) is 15.4 Å². The first-order chi connectivity index (χ1) is 11.3. The highest BCUT2D eigenvalue weighted by atomic mass is 16.5. The first kappa shape index (κ1) is 14.8. The second-order valence-corrected chi connectivity index (χ2v) is 4.94. The molecule has 0 aliphatic heterocycles. The first-order valence-corrected chi connectivity index (χ1v) is 7.19. The number of amides is 1. The summed E-state index contributed by atoms with van der Waals surface area (Å²) < 4.78 is 7.17. The van der Waals surface area contributed by atoms with Crippen LogP contribution >= 0.6 is 0 Å². The van der Waals surface area contributed by atoms with Crippen LogP contribution in [0.25, 0.3) is 0 Å². The van der Waals surface area contributed by atoms with Crippen LogP contribution in [0.15, 0.2) is 67.3 Å². The number of rotatable bonds is 6. The molecular formula is C17H16N4O2. The van der Waals surface area contributed by atoms with Gasteiger partial charge in [0.1, 0.15) is 31.6 Å². The number of hydrogen-bond acceptors (Lipinski definition) is 4. The summed E-state index contributed by atoms with van der Waals surface area (Å²) in [6.07, 6.45) is 2.90. The van der Waals surface area contributed by atoms with E-state index in [-0.39, 0.29) is 12.5 Å². The third-order valence-corrected chi connectivity index (χ3v) is 3.16. The van der Waals surface area contributed by atoms with Gasteiger partial charge in [0.05, 0.1) is 0 Å². The number of carbonyl (C=O) groups excluding carboxylic acids is 1. The molecule has 0 unspecified atom stereocenters. The van der Waals surface area contributed by atoms with E-state index in [1.165, 1.54) is 17.3 Å². The minimum Gasteiger partial charge on any atom is -0.489 e. The maximum absolute atomic E-state index is 11.8. The molecule has 0 saturated carbocycles. The van der Waals surface area contributed by atoms with E-state index in [1.807, 2.05) is 42.5 Å². The predicted octanol–water partition coefficient (Wildman–Crippen LogP) is 2.50. The number of hydrogen-bond donors (Lipinski definition) is 1. The van der Waals surface area contributed by atoms with Crippen LogP contribution in [0.1, 0.15) is 5.56 Å². The Hall–Kier alpha value is -3.15. The summed E-state index contributed by atoms with van der Waals surface area (Å²) >= 11 is 0. The topological polar surface area (TPSA) is 69.0 Å². The number of carbonyl (C=O) groups is 1. The van der Waals surface area contributed by atoms with E-state index in [4.69, 9.17) is 4.74 Å². The predicted molar refractivity (Wildman–Crippen MR) is 85.9 cm³/mol. The Bertz CT molecular complexity index is 740. The van der Waals surface area contributed by atoms with Crippen molar-refractivity contribution >= 4 is 11.6 Å². The van der Waals surface area contributed by atoms with E-state index < -0.39 is 0 Å². The molecule has 1 amide bonds. The van der Waals surface area contributed by atoms with Gasteiger partial charge in [0.2, 0.25) is 5.91 Å². The molecular weight excluding hydrogens is 292 g/mol. The van der Waals surface area contributed by atoms with E-state index in [0.29, 0.717) is 12.3 Å². The summed E-state index contributed by atoms with van der Waals surface area (Å²) in [5, 5.41) is 6.69. The molecule has 2 aromatic carbocycles. The Morgan fingerprint density at radius 2 is 1.87 bits per heavy atom. The van der Waals surface area contributed by atoms with Gasteiger partial charge >= 0.3 is 0 Å². The smallest absolute Gasteiger partial charge is 0.246 e. The van der Waals surface area contributed by atoms with Crippen LogP contribution < -0.4 is 10.1 Å². The minimum absolute atomic E-state index is 0.131. The Kier molecular flexibility index (Phi) is 4.63. The molecule has 3 rings (SSSR count). The number of anilines is 1. The molecule has 116 valence electrons. The molecule has 0 atom stereocenters. The van der Waals surface area contributed by atoms with Crippen LogP contribution in [-0.4, -0.2) is 20.7 Å². The zero-order valence-electron chi connectivity index (χ0n) is 12.4. The van der Waals surface area contributed by atoms with Crippen molar-refractivity contribution < 1.29 is 9.53 Å². The summed E-state index contributed by atoms with van der Waals surface area (Å²) in [5.41, 5.74) is 1.82. The van der Waals surface area contributed by atoms with Crippen molar-refractivity contribution in [3.63, 3.8) is 0 Å². The highest BCUT2D eigenvalue weighted by molar-refractivity contribution is 5.90. The largest absolute Gasteiger partial charge is 0.489 e. The van der Waals surface area contributed by atoms with Crippen molar-refractivity contribution in [2.75, 3.05) is 5.32 Å². The molecule has 0 saturated heterocycles. The van der Waals surface area contributed by atoms with E-state index in [1.54, 1.807) is 12.1 Å². The molecule has 1 aromatic heterocycles. The lowest BCUT2D eigenvalue weighted by Gasteiger charge is -2.08. The average molecular weight is 308 g/mol. The third-order valence-electron chi connectivity index (χ3n) is 3.16. The SMILES string of the molecule is O=C(Cn1cncn1)Nc1ccc(OCc2ccccc2)cc1. The van der Waals surface area contributed by atoms with E-state index >= 15 is 0 Å². The van der Waals surface area contributed by atoms with E-state index in [9.17, 15) is 4.79 Å². The number of nitrogens with zero attached hydrogens (tertiary/aromatic N) is 3.